The molecule has 28 heavy (non-hydrogen) atoms. The molecule has 1 aliphatic rings. The van der Waals surface area contributed by atoms with Gasteiger partial charge in [-0.15, -0.1) is 0 Å². The van der Waals surface area contributed by atoms with Crippen LogP contribution in [0, 0.1) is 16.0 Å². The van der Waals surface area contributed by atoms with Crippen LogP contribution in [-0.4, -0.2) is 60.7 Å². The highest BCUT2D eigenvalue weighted by Crippen LogP contribution is 2.31. The molecule has 0 bridgehead atoms. The second-order valence-corrected chi connectivity index (χ2v) is 7.23. The predicted octanol–water partition coefficient (Wildman–Crippen LogP) is 2.67. The van der Waals surface area contributed by atoms with E-state index < -0.39 is 17.1 Å². The molecule has 2 amide bonds. The quantitative estimate of drug-likeness (QED) is 0.568. The Morgan fingerprint density at radius 2 is 1.93 bits per heavy atom. The Bertz CT molecular complexity index is 735. The van der Waals surface area contributed by atoms with E-state index in [4.69, 9.17) is 16.3 Å². The summed E-state index contributed by atoms with van der Waals surface area (Å²) in [5, 5.41) is 14.2. The van der Waals surface area contributed by atoms with Crippen molar-refractivity contribution < 1.29 is 19.2 Å². The maximum atomic E-state index is 12.9. The van der Waals surface area contributed by atoms with E-state index in [1.807, 2.05) is 18.7 Å². The maximum Gasteiger partial charge on any atom is 0.407 e. The molecule has 9 nitrogen and oxygen atoms in total. The van der Waals surface area contributed by atoms with E-state index in [1.54, 1.807) is 24.0 Å². The Kier molecular flexibility index (Phi) is 7.45. The van der Waals surface area contributed by atoms with Gasteiger partial charge in [-0.05, 0) is 25.0 Å². The summed E-state index contributed by atoms with van der Waals surface area (Å²) in [6, 6.07) is 3.87. The van der Waals surface area contributed by atoms with E-state index in [-0.39, 0.29) is 24.1 Å². The number of ether oxygens (including phenoxy) is 1. The Balaban J connectivity index is 2.05. The third-order valence-corrected chi connectivity index (χ3v) is 4.78. The van der Waals surface area contributed by atoms with Crippen molar-refractivity contribution >= 4 is 35.0 Å². The van der Waals surface area contributed by atoms with E-state index in [0.29, 0.717) is 36.9 Å². The number of hydrogen-bond acceptors (Lipinski definition) is 6. The first-order chi connectivity index (χ1) is 13.2. The fraction of sp³-hybridized carbons (Fsp3) is 0.556. The minimum Gasteiger partial charge on any atom is -0.450 e. The minimum atomic E-state index is -0.685. The first-order valence-corrected chi connectivity index (χ1v) is 9.53. The predicted molar refractivity (Wildman–Crippen MR) is 106 cm³/mol. The van der Waals surface area contributed by atoms with Crippen LogP contribution >= 0.6 is 11.6 Å². The first-order valence-electron chi connectivity index (χ1n) is 9.15. The summed E-state index contributed by atoms with van der Waals surface area (Å²) < 4.78 is 4.88. The number of carbonyl (C=O) groups is 2. The smallest absolute Gasteiger partial charge is 0.407 e. The van der Waals surface area contributed by atoms with Crippen LogP contribution in [0.1, 0.15) is 20.8 Å². The van der Waals surface area contributed by atoms with Crippen molar-refractivity contribution in [2.45, 2.75) is 26.8 Å². The number of nitro benzene ring substituents is 1. The van der Waals surface area contributed by atoms with Crippen molar-refractivity contribution in [3.8, 4) is 0 Å². The number of benzene rings is 1. The van der Waals surface area contributed by atoms with Crippen molar-refractivity contribution in [2.24, 2.45) is 5.92 Å². The van der Waals surface area contributed by atoms with Crippen molar-refractivity contribution in [3.05, 3.63) is 33.3 Å². The Labute approximate surface area is 168 Å². The fourth-order valence-electron chi connectivity index (χ4n) is 3.09. The molecule has 1 saturated heterocycles. The molecule has 1 N–H and O–H groups in total. The molecule has 0 aliphatic carbocycles. The molecule has 10 heteroatoms. The number of nitrogens with one attached hydrogen (secondary N) is 1. The van der Waals surface area contributed by atoms with Gasteiger partial charge in [0.1, 0.15) is 11.7 Å². The number of alkyl carbamates (subject to hydrolysis) is 1. The molecule has 1 atom stereocenters. The molecule has 1 aromatic rings. The van der Waals surface area contributed by atoms with Gasteiger partial charge in [-0.1, -0.05) is 25.4 Å². The number of rotatable bonds is 6. The van der Waals surface area contributed by atoms with Crippen LogP contribution in [0.15, 0.2) is 18.2 Å². The minimum absolute atomic E-state index is 0.0590. The summed E-state index contributed by atoms with van der Waals surface area (Å²) in [5.74, 6) is -0.291. The monoisotopic (exact) mass is 412 g/mol. The van der Waals surface area contributed by atoms with Crippen LogP contribution < -0.4 is 10.2 Å². The number of amides is 2. The van der Waals surface area contributed by atoms with Crippen molar-refractivity contribution in [1.29, 1.82) is 0 Å². The van der Waals surface area contributed by atoms with Gasteiger partial charge >= 0.3 is 6.09 Å². The fourth-order valence-corrected chi connectivity index (χ4v) is 3.25. The summed E-state index contributed by atoms with van der Waals surface area (Å²) in [6.07, 6.45) is -0.620. The van der Waals surface area contributed by atoms with Crippen molar-refractivity contribution in [2.75, 3.05) is 37.7 Å². The highest BCUT2D eigenvalue weighted by Gasteiger charge is 2.32. The average Bonchev–Trinajstić information content (AvgIpc) is 2.65. The summed E-state index contributed by atoms with van der Waals surface area (Å²) in [5.41, 5.74) is 0.419. The summed E-state index contributed by atoms with van der Waals surface area (Å²) in [4.78, 5) is 39.0. The molecular formula is C18H25ClN4O5. The Hall–Kier alpha value is -2.55. The lowest BCUT2D eigenvalue weighted by Crippen LogP contribution is -2.56. The normalized spacial score (nSPS) is 15.3. The molecule has 0 saturated carbocycles. The number of carbonyl (C=O) groups excluding carboxylic acids is 2. The first kappa shape index (κ1) is 21.7. The number of anilines is 1. The highest BCUT2D eigenvalue weighted by molar-refractivity contribution is 6.30. The third kappa shape index (κ3) is 5.25. The number of halogens is 1. The number of piperazine rings is 1. The molecule has 1 heterocycles. The zero-order valence-electron chi connectivity index (χ0n) is 16.2. The van der Waals surface area contributed by atoms with Crippen LogP contribution in [-0.2, 0) is 9.53 Å². The summed E-state index contributed by atoms with van der Waals surface area (Å²) >= 11 is 5.87. The number of nitro groups is 1. The molecule has 1 fully saturated rings. The van der Waals surface area contributed by atoms with Gasteiger partial charge in [0.2, 0.25) is 5.91 Å². The lowest BCUT2D eigenvalue weighted by molar-refractivity contribution is -0.384. The molecule has 1 aromatic carbocycles. The molecule has 0 spiro atoms. The summed E-state index contributed by atoms with van der Waals surface area (Å²) in [6.45, 7) is 7.30. The van der Waals surface area contributed by atoms with Crippen LogP contribution in [0.3, 0.4) is 0 Å². The molecule has 1 aliphatic heterocycles. The van der Waals surface area contributed by atoms with E-state index in [2.05, 4.69) is 5.32 Å². The van der Waals surface area contributed by atoms with Crippen molar-refractivity contribution in [1.82, 2.24) is 10.2 Å². The lowest BCUT2D eigenvalue weighted by atomic mass is 10.0. The van der Waals surface area contributed by atoms with Gasteiger partial charge in [-0.2, -0.15) is 0 Å². The molecule has 0 aromatic heterocycles. The average molecular weight is 413 g/mol. The largest absolute Gasteiger partial charge is 0.450 e. The van der Waals surface area contributed by atoms with Crippen LogP contribution in [0.25, 0.3) is 0 Å². The second kappa shape index (κ2) is 9.59. The number of nitrogens with zero attached hydrogens (tertiary/aromatic N) is 3. The zero-order chi connectivity index (χ0) is 20.8. The number of hydrogen-bond donors (Lipinski definition) is 1. The van der Waals surface area contributed by atoms with Gasteiger partial charge < -0.3 is 19.9 Å². The maximum absolute atomic E-state index is 12.9. The molecular weight excluding hydrogens is 388 g/mol. The van der Waals surface area contributed by atoms with Crippen LogP contribution in [0.5, 0.6) is 0 Å². The molecule has 0 radical (unpaired) electrons. The van der Waals surface area contributed by atoms with E-state index in [9.17, 15) is 19.7 Å². The van der Waals surface area contributed by atoms with E-state index >= 15 is 0 Å². The van der Waals surface area contributed by atoms with Gasteiger partial charge in [0.05, 0.1) is 11.5 Å². The highest BCUT2D eigenvalue weighted by atomic mass is 35.5. The molecule has 1 unspecified atom stereocenters. The Morgan fingerprint density at radius 3 is 2.46 bits per heavy atom. The van der Waals surface area contributed by atoms with Gasteiger partial charge in [-0.25, -0.2) is 4.79 Å². The molecule has 154 valence electrons. The second-order valence-electron chi connectivity index (χ2n) is 6.79. The van der Waals surface area contributed by atoms with E-state index in [1.165, 1.54) is 6.07 Å². The van der Waals surface area contributed by atoms with Crippen LogP contribution in [0.2, 0.25) is 5.02 Å². The topological polar surface area (TPSA) is 105 Å². The van der Waals surface area contributed by atoms with Crippen LogP contribution in [0.4, 0.5) is 16.2 Å². The standard InChI is InChI=1S/C18H25ClN4O5/c1-4-28-18(25)20-16(12(2)3)17(24)22-9-7-21(8-10-22)14-6-5-13(19)11-15(14)23(26)27/h5-6,11-12,16H,4,7-10H2,1-3H3,(H,20,25). The van der Waals surface area contributed by atoms with Gasteiger partial charge in [0.25, 0.3) is 5.69 Å². The third-order valence-electron chi connectivity index (χ3n) is 4.55. The zero-order valence-corrected chi connectivity index (χ0v) is 16.9. The summed E-state index contributed by atoms with van der Waals surface area (Å²) in [7, 11) is 0. The van der Waals surface area contributed by atoms with Crippen molar-refractivity contribution in [3.63, 3.8) is 0 Å². The molecule has 2 rings (SSSR count). The lowest BCUT2D eigenvalue weighted by Gasteiger charge is -2.38. The van der Waals surface area contributed by atoms with Gasteiger partial charge in [-0.3, -0.25) is 14.9 Å². The van der Waals surface area contributed by atoms with Gasteiger partial charge in [0.15, 0.2) is 0 Å². The Morgan fingerprint density at radius 1 is 1.29 bits per heavy atom. The van der Waals surface area contributed by atoms with Gasteiger partial charge in [0, 0.05) is 37.3 Å². The van der Waals surface area contributed by atoms with E-state index in [0.717, 1.165) is 0 Å². The SMILES string of the molecule is CCOC(=O)NC(C(=O)N1CCN(c2ccc(Cl)cc2[N+](=O)[O-])CC1)C(C)C.